The Balaban J connectivity index is 1.90. The lowest BCUT2D eigenvalue weighted by atomic mass is 9.93. The molecular weight excluding hydrogens is 228 g/mol. The summed E-state index contributed by atoms with van der Waals surface area (Å²) in [4.78, 5) is 14.0. The molecule has 2 rings (SSSR count). The van der Waals surface area contributed by atoms with Gasteiger partial charge in [0.1, 0.15) is 0 Å². The standard InChI is InChI=1S/C13H22N4O/c1-16(2)7-4-8-17-13(18)9-12(10-14-17)15-11-5-3-6-11/h9-11,15H,3-8H2,1-2H3. The van der Waals surface area contributed by atoms with Crippen LogP contribution in [-0.2, 0) is 6.54 Å². The summed E-state index contributed by atoms with van der Waals surface area (Å²) < 4.78 is 1.54. The molecule has 0 amide bonds. The number of aromatic nitrogens is 2. The molecule has 0 atom stereocenters. The van der Waals surface area contributed by atoms with Crippen LogP contribution in [0.3, 0.4) is 0 Å². The molecule has 0 aliphatic heterocycles. The summed E-state index contributed by atoms with van der Waals surface area (Å²) in [6, 6.07) is 2.19. The maximum atomic E-state index is 11.9. The van der Waals surface area contributed by atoms with Crippen molar-refractivity contribution in [3.63, 3.8) is 0 Å². The van der Waals surface area contributed by atoms with E-state index in [4.69, 9.17) is 0 Å². The van der Waals surface area contributed by atoms with Gasteiger partial charge in [-0.05, 0) is 46.3 Å². The Morgan fingerprint density at radius 2 is 2.28 bits per heavy atom. The van der Waals surface area contributed by atoms with Crippen LogP contribution in [0.25, 0.3) is 0 Å². The number of nitrogens with one attached hydrogen (secondary N) is 1. The second-order valence-corrected chi connectivity index (χ2v) is 5.23. The van der Waals surface area contributed by atoms with Crippen LogP contribution in [-0.4, -0.2) is 41.4 Å². The largest absolute Gasteiger partial charge is 0.381 e. The molecule has 5 nitrogen and oxygen atoms in total. The number of rotatable bonds is 6. The molecule has 1 saturated carbocycles. The predicted octanol–water partition coefficient (Wildman–Crippen LogP) is 1.16. The maximum Gasteiger partial charge on any atom is 0.268 e. The first kappa shape index (κ1) is 13.1. The van der Waals surface area contributed by atoms with Gasteiger partial charge in [-0.1, -0.05) is 0 Å². The van der Waals surface area contributed by atoms with Crippen LogP contribution in [0.2, 0.25) is 0 Å². The molecule has 0 unspecified atom stereocenters. The highest BCUT2D eigenvalue weighted by atomic mass is 16.1. The quantitative estimate of drug-likeness (QED) is 0.823. The fourth-order valence-corrected chi connectivity index (χ4v) is 2.01. The average Bonchev–Trinajstić information content (AvgIpc) is 2.26. The van der Waals surface area contributed by atoms with Crippen LogP contribution in [0.5, 0.6) is 0 Å². The first-order valence-corrected chi connectivity index (χ1v) is 6.63. The number of anilines is 1. The first-order valence-electron chi connectivity index (χ1n) is 6.63. The van der Waals surface area contributed by atoms with E-state index in [0.29, 0.717) is 12.6 Å². The lowest BCUT2D eigenvalue weighted by Gasteiger charge is -2.27. The van der Waals surface area contributed by atoms with Crippen molar-refractivity contribution in [3.05, 3.63) is 22.6 Å². The van der Waals surface area contributed by atoms with E-state index >= 15 is 0 Å². The summed E-state index contributed by atoms with van der Waals surface area (Å²) in [6.45, 7) is 1.65. The van der Waals surface area contributed by atoms with Gasteiger partial charge in [-0.25, -0.2) is 4.68 Å². The number of hydrogen-bond donors (Lipinski definition) is 1. The van der Waals surface area contributed by atoms with E-state index in [9.17, 15) is 4.79 Å². The van der Waals surface area contributed by atoms with Crippen LogP contribution in [0.15, 0.2) is 17.1 Å². The molecule has 1 aliphatic rings. The zero-order chi connectivity index (χ0) is 13.0. The van der Waals surface area contributed by atoms with Gasteiger partial charge in [0.25, 0.3) is 5.56 Å². The number of aryl methyl sites for hydroxylation is 1. The minimum Gasteiger partial charge on any atom is -0.381 e. The minimum absolute atomic E-state index is 0.0157. The third kappa shape index (κ3) is 3.57. The van der Waals surface area contributed by atoms with Crippen molar-refractivity contribution in [1.82, 2.24) is 14.7 Å². The highest BCUT2D eigenvalue weighted by molar-refractivity contribution is 5.40. The van der Waals surface area contributed by atoms with E-state index in [2.05, 4.69) is 15.3 Å². The van der Waals surface area contributed by atoms with Crippen molar-refractivity contribution in [2.45, 2.75) is 38.3 Å². The molecule has 1 aromatic heterocycles. The molecule has 0 bridgehead atoms. The Hall–Kier alpha value is -1.36. The van der Waals surface area contributed by atoms with Crippen molar-refractivity contribution >= 4 is 5.69 Å². The van der Waals surface area contributed by atoms with E-state index in [1.54, 1.807) is 12.3 Å². The molecular formula is C13H22N4O. The van der Waals surface area contributed by atoms with Gasteiger partial charge in [0, 0.05) is 18.7 Å². The molecule has 0 spiro atoms. The predicted molar refractivity (Wildman–Crippen MR) is 72.9 cm³/mol. The minimum atomic E-state index is -0.0157. The van der Waals surface area contributed by atoms with Crippen LogP contribution >= 0.6 is 0 Å². The van der Waals surface area contributed by atoms with Gasteiger partial charge in [0.05, 0.1) is 11.9 Å². The van der Waals surface area contributed by atoms with E-state index in [-0.39, 0.29) is 5.56 Å². The highest BCUT2D eigenvalue weighted by Gasteiger charge is 2.17. The number of nitrogens with zero attached hydrogens (tertiary/aromatic N) is 3. The topological polar surface area (TPSA) is 50.2 Å². The van der Waals surface area contributed by atoms with Gasteiger partial charge in [-0.3, -0.25) is 4.79 Å². The Kier molecular flexibility index (Phi) is 4.36. The Morgan fingerprint density at radius 1 is 1.50 bits per heavy atom. The monoisotopic (exact) mass is 250 g/mol. The molecule has 0 aromatic carbocycles. The van der Waals surface area contributed by atoms with Gasteiger partial charge in [0.15, 0.2) is 0 Å². The maximum absolute atomic E-state index is 11.9. The summed E-state index contributed by atoms with van der Waals surface area (Å²) >= 11 is 0. The van der Waals surface area contributed by atoms with E-state index in [1.165, 1.54) is 23.9 Å². The lowest BCUT2D eigenvalue weighted by Crippen LogP contribution is -2.29. The highest BCUT2D eigenvalue weighted by Crippen LogP contribution is 2.21. The molecule has 1 aromatic rings. The lowest BCUT2D eigenvalue weighted by molar-refractivity contribution is 0.377. The van der Waals surface area contributed by atoms with Crippen LogP contribution in [0.4, 0.5) is 5.69 Å². The molecule has 100 valence electrons. The second-order valence-electron chi connectivity index (χ2n) is 5.23. The van der Waals surface area contributed by atoms with E-state index < -0.39 is 0 Å². The summed E-state index contributed by atoms with van der Waals surface area (Å²) in [7, 11) is 4.06. The smallest absolute Gasteiger partial charge is 0.268 e. The van der Waals surface area contributed by atoms with Crippen molar-refractivity contribution in [3.8, 4) is 0 Å². The summed E-state index contributed by atoms with van der Waals surface area (Å²) in [5.74, 6) is 0. The summed E-state index contributed by atoms with van der Waals surface area (Å²) in [5.41, 5.74) is 0.839. The third-order valence-electron chi connectivity index (χ3n) is 3.32. The Morgan fingerprint density at radius 3 is 2.83 bits per heavy atom. The van der Waals surface area contributed by atoms with Crippen molar-refractivity contribution in [2.75, 3.05) is 26.0 Å². The second kappa shape index (κ2) is 6.00. The zero-order valence-corrected chi connectivity index (χ0v) is 11.2. The summed E-state index contributed by atoms with van der Waals surface area (Å²) in [5, 5.41) is 7.55. The zero-order valence-electron chi connectivity index (χ0n) is 11.2. The van der Waals surface area contributed by atoms with E-state index in [1.807, 2.05) is 14.1 Å². The van der Waals surface area contributed by atoms with Crippen LogP contribution in [0, 0.1) is 0 Å². The van der Waals surface area contributed by atoms with Gasteiger partial charge < -0.3 is 10.2 Å². The molecule has 0 radical (unpaired) electrons. The van der Waals surface area contributed by atoms with Gasteiger partial charge in [-0.15, -0.1) is 0 Å². The van der Waals surface area contributed by atoms with Crippen LogP contribution < -0.4 is 10.9 Å². The Bertz CT molecular complexity index is 437. The molecule has 1 fully saturated rings. The van der Waals surface area contributed by atoms with Crippen molar-refractivity contribution in [2.24, 2.45) is 0 Å². The van der Waals surface area contributed by atoms with Crippen molar-refractivity contribution in [1.29, 1.82) is 0 Å². The number of hydrogen-bond acceptors (Lipinski definition) is 4. The average molecular weight is 250 g/mol. The Labute approximate surface area is 108 Å². The molecule has 1 heterocycles. The molecule has 18 heavy (non-hydrogen) atoms. The van der Waals surface area contributed by atoms with Gasteiger partial charge in [-0.2, -0.15) is 5.10 Å². The summed E-state index contributed by atoms with van der Waals surface area (Å²) in [6.07, 6.45) is 6.38. The SMILES string of the molecule is CN(C)CCCn1ncc(NC2CCC2)cc1=O. The fourth-order valence-electron chi connectivity index (χ4n) is 2.01. The molecule has 5 heteroatoms. The molecule has 0 saturated heterocycles. The molecule has 1 aliphatic carbocycles. The van der Waals surface area contributed by atoms with Gasteiger partial charge >= 0.3 is 0 Å². The van der Waals surface area contributed by atoms with E-state index in [0.717, 1.165) is 18.7 Å². The fraction of sp³-hybridized carbons (Fsp3) is 0.692. The van der Waals surface area contributed by atoms with Crippen molar-refractivity contribution < 1.29 is 0 Å². The van der Waals surface area contributed by atoms with Crippen LogP contribution in [0.1, 0.15) is 25.7 Å². The first-order chi connectivity index (χ1) is 8.65. The van der Waals surface area contributed by atoms with Gasteiger partial charge in [0.2, 0.25) is 0 Å². The molecule has 1 N–H and O–H groups in total. The normalized spacial score (nSPS) is 15.7. The third-order valence-corrected chi connectivity index (χ3v) is 3.32.